The van der Waals surface area contributed by atoms with Crippen LogP contribution in [0.1, 0.15) is 135 Å². The second kappa shape index (κ2) is 27.6. The number of carbonyl (C=O) groups is 1. The third-order valence-electron chi connectivity index (χ3n) is 6.34. The molecule has 33 heavy (non-hydrogen) atoms. The molecular weight excluding hydrogens is 420 g/mol. The van der Waals surface area contributed by atoms with Crippen LogP contribution in [0, 0.1) is 5.41 Å². The summed E-state index contributed by atoms with van der Waals surface area (Å²) in [7, 11) is 0. The van der Waals surface area contributed by atoms with Gasteiger partial charge in [0.25, 0.3) is 0 Å². The number of aliphatic carboxylic acids is 1. The molecule has 0 amide bonds. The molecule has 6 heteroatoms. The van der Waals surface area contributed by atoms with Gasteiger partial charge in [-0.2, -0.15) is 0 Å². The molecule has 0 saturated heterocycles. The highest BCUT2D eigenvalue weighted by molar-refractivity contribution is 5.66. The van der Waals surface area contributed by atoms with Crippen molar-refractivity contribution in [3.8, 4) is 0 Å². The van der Waals surface area contributed by atoms with Crippen LogP contribution >= 0.6 is 0 Å². The lowest BCUT2D eigenvalue weighted by molar-refractivity contribution is -0.137. The van der Waals surface area contributed by atoms with E-state index in [1.807, 2.05) is 0 Å². The van der Waals surface area contributed by atoms with Crippen LogP contribution in [-0.2, 0) is 4.79 Å². The number of rotatable bonds is 24. The first-order chi connectivity index (χ1) is 16.0. The minimum atomic E-state index is -1.11. The summed E-state index contributed by atoms with van der Waals surface area (Å²) in [6, 6.07) is 0. The Bertz CT molecular complexity index is 367. The van der Waals surface area contributed by atoms with E-state index in [0.717, 1.165) is 12.8 Å². The van der Waals surface area contributed by atoms with Crippen molar-refractivity contribution in [3.05, 3.63) is 0 Å². The molecule has 0 aliphatic carbocycles. The van der Waals surface area contributed by atoms with Gasteiger partial charge in [-0.1, -0.05) is 122 Å². The van der Waals surface area contributed by atoms with Crippen molar-refractivity contribution in [3.63, 3.8) is 0 Å². The molecule has 0 aromatic rings. The maximum absolute atomic E-state index is 10.4. The van der Waals surface area contributed by atoms with E-state index < -0.39 is 37.8 Å². The van der Waals surface area contributed by atoms with Crippen molar-refractivity contribution in [2.24, 2.45) is 5.41 Å². The van der Waals surface area contributed by atoms with Crippen molar-refractivity contribution in [1.29, 1.82) is 0 Å². The van der Waals surface area contributed by atoms with Crippen molar-refractivity contribution < 1.29 is 30.3 Å². The fourth-order valence-electron chi connectivity index (χ4n) is 3.65. The Hall–Kier alpha value is -0.690. The van der Waals surface area contributed by atoms with E-state index in [2.05, 4.69) is 6.92 Å². The minimum absolute atomic E-state index is 0.346. The van der Waals surface area contributed by atoms with E-state index in [9.17, 15) is 4.79 Å². The molecule has 6 nitrogen and oxygen atoms in total. The van der Waals surface area contributed by atoms with Gasteiger partial charge in [0.15, 0.2) is 0 Å². The van der Waals surface area contributed by atoms with Crippen LogP contribution in [-0.4, -0.2) is 57.9 Å². The second-order valence-corrected chi connectivity index (χ2v) is 9.64. The zero-order chi connectivity index (χ0) is 25.0. The highest BCUT2D eigenvalue weighted by atomic mass is 16.4. The van der Waals surface area contributed by atoms with Crippen molar-refractivity contribution in [1.82, 2.24) is 0 Å². The normalized spacial score (nSPS) is 11.3. The number of carboxylic acids is 1. The molecule has 0 fully saturated rings. The Labute approximate surface area is 203 Å². The summed E-state index contributed by atoms with van der Waals surface area (Å²) >= 11 is 0. The third kappa shape index (κ3) is 25.8. The van der Waals surface area contributed by atoms with Gasteiger partial charge < -0.3 is 25.5 Å². The monoisotopic (exact) mass is 476 g/mol. The minimum Gasteiger partial charge on any atom is -0.481 e. The van der Waals surface area contributed by atoms with Gasteiger partial charge in [-0.3, -0.25) is 4.79 Å². The zero-order valence-electron chi connectivity index (χ0n) is 21.6. The maximum atomic E-state index is 10.4. The molecule has 0 rings (SSSR count). The summed E-state index contributed by atoms with van der Waals surface area (Å²) in [5.74, 6) is -0.651. The van der Waals surface area contributed by atoms with Crippen LogP contribution in [0.2, 0.25) is 0 Å². The second-order valence-electron chi connectivity index (χ2n) is 9.64. The smallest absolute Gasteiger partial charge is 0.303 e. The van der Waals surface area contributed by atoms with Crippen LogP contribution in [0.15, 0.2) is 0 Å². The van der Waals surface area contributed by atoms with Gasteiger partial charge >= 0.3 is 5.97 Å². The van der Waals surface area contributed by atoms with Gasteiger partial charge in [0.1, 0.15) is 0 Å². The van der Waals surface area contributed by atoms with Crippen LogP contribution < -0.4 is 0 Å². The largest absolute Gasteiger partial charge is 0.481 e. The molecule has 0 aliphatic heterocycles. The summed E-state index contributed by atoms with van der Waals surface area (Å²) in [6.45, 7) is 0.658. The molecule has 0 atom stereocenters. The molecule has 0 saturated carbocycles. The van der Waals surface area contributed by atoms with E-state index >= 15 is 0 Å². The summed E-state index contributed by atoms with van der Waals surface area (Å²) in [4.78, 5) is 10.4. The SMILES string of the molecule is CCCCCCCCCCCCCCCCCCCCCC(=O)O.OCC(CO)(CO)CO. The number of carboxylic acid groups (broad SMARTS) is 1. The maximum Gasteiger partial charge on any atom is 0.303 e. The quantitative estimate of drug-likeness (QED) is 0.112. The average Bonchev–Trinajstić information content (AvgIpc) is 2.82. The van der Waals surface area contributed by atoms with Gasteiger partial charge in [0.2, 0.25) is 0 Å². The molecule has 0 aliphatic rings. The Kier molecular flexibility index (Phi) is 28.8. The summed E-state index contributed by atoms with van der Waals surface area (Å²) in [6.07, 6.45) is 26.1. The highest BCUT2D eigenvalue weighted by Gasteiger charge is 2.26. The molecule has 0 radical (unpaired) electrons. The molecule has 200 valence electrons. The predicted molar refractivity (Wildman–Crippen MR) is 136 cm³/mol. The third-order valence-corrected chi connectivity index (χ3v) is 6.34. The van der Waals surface area contributed by atoms with Gasteiger partial charge in [0.05, 0.1) is 31.8 Å². The number of hydrogen-bond acceptors (Lipinski definition) is 5. The van der Waals surface area contributed by atoms with Gasteiger partial charge in [-0.05, 0) is 6.42 Å². The average molecular weight is 477 g/mol. The lowest BCUT2D eigenvalue weighted by atomic mass is 9.93. The molecule has 0 spiro atoms. The van der Waals surface area contributed by atoms with Crippen LogP contribution in [0.25, 0.3) is 0 Å². The standard InChI is InChI=1S/C22H44O2.C5H12O4/c1-2-3-4-5-6-7-8-9-10-11-12-13-14-15-16-17-18-19-20-21-22(23)24;6-1-5(2-7,3-8)4-9/h2-21H2,1H3,(H,23,24);6-9H,1-4H2. The molecule has 5 N–H and O–H groups in total. The van der Waals surface area contributed by atoms with Gasteiger partial charge in [0, 0.05) is 6.42 Å². The van der Waals surface area contributed by atoms with Crippen molar-refractivity contribution in [2.75, 3.05) is 26.4 Å². The Morgan fingerprint density at radius 1 is 0.485 bits per heavy atom. The molecule has 0 aromatic heterocycles. The Balaban J connectivity index is 0. The predicted octanol–water partition coefficient (Wildman–Crippen LogP) is 5.83. The van der Waals surface area contributed by atoms with E-state index in [-0.39, 0.29) is 0 Å². The number of aliphatic hydroxyl groups is 4. The van der Waals surface area contributed by atoms with E-state index in [0.29, 0.717) is 6.42 Å². The van der Waals surface area contributed by atoms with Crippen LogP contribution in [0.5, 0.6) is 0 Å². The Morgan fingerprint density at radius 2 is 0.727 bits per heavy atom. The fourth-order valence-corrected chi connectivity index (χ4v) is 3.65. The summed E-state index contributed by atoms with van der Waals surface area (Å²) < 4.78 is 0. The van der Waals surface area contributed by atoms with E-state index in [1.165, 1.54) is 109 Å². The summed E-state index contributed by atoms with van der Waals surface area (Å²) in [5, 5.41) is 42.5. The molecule has 0 aromatic carbocycles. The summed E-state index contributed by atoms with van der Waals surface area (Å²) in [5.41, 5.74) is -1.11. The molecule has 0 unspecified atom stereocenters. The molecular formula is C27H56O6. The molecule has 0 bridgehead atoms. The Morgan fingerprint density at radius 3 is 0.909 bits per heavy atom. The first kappa shape index (κ1) is 34.5. The number of unbranched alkanes of at least 4 members (excludes halogenated alkanes) is 18. The van der Waals surface area contributed by atoms with Crippen molar-refractivity contribution >= 4 is 5.97 Å². The molecule has 0 heterocycles. The van der Waals surface area contributed by atoms with Gasteiger partial charge in [-0.15, -0.1) is 0 Å². The van der Waals surface area contributed by atoms with E-state index in [4.69, 9.17) is 25.5 Å². The lowest BCUT2D eigenvalue weighted by Crippen LogP contribution is -2.37. The fraction of sp³-hybridized carbons (Fsp3) is 0.963. The van der Waals surface area contributed by atoms with Crippen LogP contribution in [0.3, 0.4) is 0 Å². The van der Waals surface area contributed by atoms with Crippen molar-refractivity contribution in [2.45, 2.75) is 135 Å². The van der Waals surface area contributed by atoms with E-state index in [1.54, 1.807) is 0 Å². The number of hydrogen-bond donors (Lipinski definition) is 5. The number of aliphatic hydroxyl groups excluding tert-OH is 4. The van der Waals surface area contributed by atoms with Crippen LogP contribution in [0.4, 0.5) is 0 Å². The first-order valence-electron chi connectivity index (χ1n) is 13.7. The van der Waals surface area contributed by atoms with Gasteiger partial charge in [-0.25, -0.2) is 0 Å². The lowest BCUT2D eigenvalue weighted by Gasteiger charge is -2.23. The zero-order valence-corrected chi connectivity index (χ0v) is 21.6. The highest BCUT2D eigenvalue weighted by Crippen LogP contribution is 2.15. The topological polar surface area (TPSA) is 118 Å². The first-order valence-corrected chi connectivity index (χ1v) is 13.7.